The molecule has 2 aromatic carbocycles. The zero-order chi connectivity index (χ0) is 13.2. The molecule has 3 nitrogen and oxygen atoms in total. The van der Waals surface area contributed by atoms with Gasteiger partial charge in [0.25, 0.3) is 0 Å². The van der Waals surface area contributed by atoms with Crippen molar-refractivity contribution in [3.05, 3.63) is 48.5 Å². The van der Waals surface area contributed by atoms with Gasteiger partial charge in [0, 0.05) is 22.5 Å². The van der Waals surface area contributed by atoms with Gasteiger partial charge < -0.3 is 9.79 Å². The number of fused-ring (bicyclic) bond motifs is 2. The van der Waals surface area contributed by atoms with Crippen molar-refractivity contribution in [2.45, 2.75) is 9.79 Å². The monoisotopic (exact) mass is 291 g/mol. The van der Waals surface area contributed by atoms with Crippen LogP contribution in [0.25, 0.3) is 0 Å². The van der Waals surface area contributed by atoms with Crippen LogP contribution in [0.2, 0.25) is 0 Å². The van der Waals surface area contributed by atoms with Crippen LogP contribution < -0.4 is 4.90 Å². The molecule has 0 amide bonds. The van der Waals surface area contributed by atoms with Gasteiger partial charge in [-0.15, -0.1) is 0 Å². The third-order valence-corrected chi connectivity index (χ3v) is 4.86. The largest absolute Gasteiger partial charge is 0.346 e. The minimum Gasteiger partial charge on any atom is -0.346 e. The van der Waals surface area contributed by atoms with Crippen LogP contribution in [0, 0.1) is 0 Å². The maximum atomic E-state index is 11.0. The lowest BCUT2D eigenvalue weighted by atomic mass is 10.2. The van der Waals surface area contributed by atoms with E-state index in [1.807, 2.05) is 24.3 Å². The molecule has 19 heavy (non-hydrogen) atoms. The second-order valence-electron chi connectivity index (χ2n) is 4.33. The van der Waals surface area contributed by atoms with E-state index >= 15 is 0 Å². The third kappa shape index (κ3) is 2.57. The molecule has 1 aliphatic heterocycles. The third-order valence-electron chi connectivity index (χ3n) is 3.08. The molecule has 0 aromatic heterocycles. The van der Waals surface area contributed by atoms with Gasteiger partial charge in [0.2, 0.25) is 0 Å². The topological polar surface area (TPSA) is 40.5 Å². The van der Waals surface area contributed by atoms with Gasteiger partial charge in [-0.1, -0.05) is 36.0 Å². The molecule has 2 aromatic rings. The number of rotatable bonds is 3. The predicted molar refractivity (Wildman–Crippen MR) is 80.1 cm³/mol. The summed E-state index contributed by atoms with van der Waals surface area (Å²) >= 11 is 1.75. The summed E-state index contributed by atoms with van der Waals surface area (Å²) < 4.78 is 11.0. The Bertz CT molecular complexity index is 587. The van der Waals surface area contributed by atoms with Gasteiger partial charge in [0.05, 0.1) is 11.4 Å². The van der Waals surface area contributed by atoms with E-state index in [9.17, 15) is 4.57 Å². The van der Waals surface area contributed by atoms with Crippen LogP contribution in [0.4, 0.5) is 11.4 Å². The molecule has 1 heterocycles. The van der Waals surface area contributed by atoms with E-state index in [-0.39, 0.29) is 0 Å². The van der Waals surface area contributed by atoms with E-state index < -0.39 is 8.03 Å². The summed E-state index contributed by atoms with van der Waals surface area (Å²) in [7, 11) is -2.44. The van der Waals surface area contributed by atoms with E-state index in [0.29, 0.717) is 12.7 Å². The van der Waals surface area contributed by atoms with Gasteiger partial charge in [-0.05, 0) is 24.3 Å². The first kappa shape index (κ1) is 12.8. The molecular formula is C14H14NO2PS. The molecule has 0 radical (unpaired) electrons. The lowest BCUT2D eigenvalue weighted by Gasteiger charge is -2.32. The fraction of sp³-hybridized carbons (Fsp3) is 0.143. The molecule has 3 rings (SSSR count). The molecule has 0 spiro atoms. The van der Waals surface area contributed by atoms with Crippen molar-refractivity contribution in [3.63, 3.8) is 0 Å². The van der Waals surface area contributed by atoms with Crippen molar-refractivity contribution < 1.29 is 9.46 Å². The van der Waals surface area contributed by atoms with E-state index in [2.05, 4.69) is 29.2 Å². The number of para-hydroxylation sites is 2. The standard InChI is InChI=1S/C14H14NO2PS/c16-18(17)10-9-15-11-5-1-3-7-13(11)19-14-8-4-2-6-12(14)15/h1-8,18H,9-10H2,(H,16,17). The molecule has 0 saturated carbocycles. The van der Waals surface area contributed by atoms with Crippen LogP contribution >= 0.6 is 19.8 Å². The normalized spacial score (nSPS) is 14.7. The van der Waals surface area contributed by atoms with Crippen molar-refractivity contribution in [2.24, 2.45) is 0 Å². The van der Waals surface area contributed by atoms with Crippen LogP contribution in [0.15, 0.2) is 58.3 Å². The van der Waals surface area contributed by atoms with Crippen LogP contribution in [-0.4, -0.2) is 17.6 Å². The quantitative estimate of drug-likeness (QED) is 0.874. The Morgan fingerprint density at radius 1 is 1.00 bits per heavy atom. The molecule has 0 fully saturated rings. The molecule has 5 heteroatoms. The minimum absolute atomic E-state index is 0.317. The molecule has 1 aliphatic rings. The van der Waals surface area contributed by atoms with E-state index in [1.54, 1.807) is 11.8 Å². The number of hydrogen-bond donors (Lipinski definition) is 1. The highest BCUT2D eigenvalue weighted by Gasteiger charge is 2.22. The smallest absolute Gasteiger partial charge is 0.190 e. The predicted octanol–water partition coefficient (Wildman–Crippen LogP) is 3.76. The summed E-state index contributed by atoms with van der Waals surface area (Å²) in [6, 6.07) is 16.3. The molecular weight excluding hydrogens is 277 g/mol. The van der Waals surface area contributed by atoms with Crippen LogP contribution in [0.5, 0.6) is 0 Å². The maximum absolute atomic E-state index is 11.0. The lowest BCUT2D eigenvalue weighted by Crippen LogP contribution is -2.23. The summed E-state index contributed by atoms with van der Waals surface area (Å²) in [5.41, 5.74) is 2.24. The van der Waals surface area contributed by atoms with Crippen molar-refractivity contribution in [1.82, 2.24) is 0 Å². The highest BCUT2D eigenvalue weighted by molar-refractivity contribution is 7.99. The summed E-state index contributed by atoms with van der Waals surface area (Å²) in [6.45, 7) is 0.572. The zero-order valence-electron chi connectivity index (χ0n) is 10.2. The van der Waals surface area contributed by atoms with Crippen molar-refractivity contribution in [2.75, 3.05) is 17.6 Å². The number of anilines is 2. The summed E-state index contributed by atoms with van der Waals surface area (Å²) in [6.07, 6.45) is 0.317. The minimum atomic E-state index is -2.44. The Balaban J connectivity index is 2.03. The molecule has 1 atom stereocenters. The van der Waals surface area contributed by atoms with Crippen LogP contribution in [0.1, 0.15) is 0 Å². The van der Waals surface area contributed by atoms with Gasteiger partial charge in [-0.3, -0.25) is 4.57 Å². The molecule has 0 aliphatic carbocycles. The molecule has 0 bridgehead atoms. The van der Waals surface area contributed by atoms with E-state index in [4.69, 9.17) is 4.89 Å². The Labute approximate surface area is 117 Å². The average Bonchev–Trinajstić information content (AvgIpc) is 2.43. The highest BCUT2D eigenvalue weighted by atomic mass is 32.2. The van der Waals surface area contributed by atoms with Crippen molar-refractivity contribution in [1.29, 1.82) is 0 Å². The molecule has 1 N–H and O–H groups in total. The maximum Gasteiger partial charge on any atom is 0.190 e. The zero-order valence-corrected chi connectivity index (χ0v) is 12.1. The lowest BCUT2D eigenvalue weighted by molar-refractivity contribution is 0.503. The average molecular weight is 291 g/mol. The van der Waals surface area contributed by atoms with E-state index in [0.717, 1.165) is 11.4 Å². The van der Waals surface area contributed by atoms with Crippen molar-refractivity contribution >= 4 is 31.2 Å². The number of nitrogens with zero attached hydrogens (tertiary/aromatic N) is 1. The Morgan fingerprint density at radius 2 is 1.53 bits per heavy atom. The van der Waals surface area contributed by atoms with Gasteiger partial charge in [-0.25, -0.2) is 0 Å². The second-order valence-corrected chi connectivity index (χ2v) is 6.70. The Kier molecular flexibility index (Phi) is 3.65. The first-order valence-electron chi connectivity index (χ1n) is 6.11. The van der Waals surface area contributed by atoms with Crippen LogP contribution in [-0.2, 0) is 4.57 Å². The summed E-state index contributed by atoms with van der Waals surface area (Å²) in [5.74, 6) is 0. The first-order valence-corrected chi connectivity index (χ1v) is 8.49. The Hall–Kier alpha value is -1.22. The van der Waals surface area contributed by atoms with Crippen LogP contribution in [0.3, 0.4) is 0 Å². The molecule has 1 unspecified atom stereocenters. The molecule has 0 saturated heterocycles. The first-order chi connectivity index (χ1) is 9.25. The summed E-state index contributed by atoms with van der Waals surface area (Å²) in [5, 5.41) is 0. The van der Waals surface area contributed by atoms with Gasteiger partial charge in [0.1, 0.15) is 0 Å². The SMILES string of the molecule is O=[PH](O)CCN1c2ccccc2Sc2ccccc21. The Morgan fingerprint density at radius 3 is 2.05 bits per heavy atom. The van der Waals surface area contributed by atoms with Gasteiger partial charge >= 0.3 is 0 Å². The van der Waals surface area contributed by atoms with E-state index in [1.165, 1.54) is 9.79 Å². The van der Waals surface area contributed by atoms with Gasteiger partial charge in [0.15, 0.2) is 8.03 Å². The fourth-order valence-corrected chi connectivity index (χ4v) is 3.74. The summed E-state index contributed by atoms with van der Waals surface area (Å²) in [4.78, 5) is 13.6. The number of hydrogen-bond acceptors (Lipinski definition) is 3. The highest BCUT2D eigenvalue weighted by Crippen LogP contribution is 2.47. The second kappa shape index (κ2) is 5.41. The fourth-order valence-electron chi connectivity index (χ4n) is 2.23. The number of benzene rings is 2. The van der Waals surface area contributed by atoms with Gasteiger partial charge in [-0.2, -0.15) is 0 Å². The molecule has 98 valence electrons. The van der Waals surface area contributed by atoms with Crippen molar-refractivity contribution in [3.8, 4) is 0 Å².